The molecule has 0 saturated carbocycles. The molecule has 4 nitrogen and oxygen atoms in total. The Bertz CT molecular complexity index is 534. The van der Waals surface area contributed by atoms with Gasteiger partial charge in [-0.15, -0.1) is 0 Å². The summed E-state index contributed by atoms with van der Waals surface area (Å²) >= 11 is 0. The maximum Gasteiger partial charge on any atom is 0.121 e. The van der Waals surface area contributed by atoms with Crippen LogP contribution in [0.15, 0.2) is 18.2 Å². The van der Waals surface area contributed by atoms with Crippen LogP contribution in [0.5, 0.6) is 5.75 Å². The molecule has 104 valence electrons. The molecule has 1 heterocycles. The Kier molecular flexibility index (Phi) is 4.80. The summed E-state index contributed by atoms with van der Waals surface area (Å²) in [6, 6.07) is 6.02. The average molecular weight is 262 g/mol. The summed E-state index contributed by atoms with van der Waals surface area (Å²) in [4.78, 5) is 4.68. The van der Waals surface area contributed by atoms with Gasteiger partial charge in [0, 0.05) is 25.6 Å². The third-order valence-electron chi connectivity index (χ3n) is 3.33. The topological polar surface area (TPSA) is 47.3 Å². The van der Waals surface area contributed by atoms with E-state index in [2.05, 4.69) is 22.5 Å². The van der Waals surface area contributed by atoms with E-state index in [1.165, 1.54) is 0 Å². The number of methoxy groups -OCH3 is 1. The first-order chi connectivity index (χ1) is 9.30. The SMILES string of the molecule is CCCCn1c(CCCO)nc2cc(OC)ccc21. The summed E-state index contributed by atoms with van der Waals surface area (Å²) in [6.45, 7) is 3.38. The zero-order chi connectivity index (χ0) is 13.7. The Hall–Kier alpha value is -1.55. The van der Waals surface area contributed by atoms with Crippen molar-refractivity contribution in [2.24, 2.45) is 0 Å². The van der Waals surface area contributed by atoms with Crippen LogP contribution in [-0.2, 0) is 13.0 Å². The Morgan fingerprint density at radius 2 is 2.16 bits per heavy atom. The molecular formula is C15H22N2O2. The molecule has 0 aliphatic heterocycles. The monoisotopic (exact) mass is 262 g/mol. The lowest BCUT2D eigenvalue weighted by molar-refractivity contribution is 0.287. The second kappa shape index (κ2) is 6.57. The van der Waals surface area contributed by atoms with E-state index in [1.807, 2.05) is 12.1 Å². The molecule has 0 atom stereocenters. The van der Waals surface area contributed by atoms with Gasteiger partial charge in [-0.3, -0.25) is 0 Å². The summed E-state index contributed by atoms with van der Waals surface area (Å²) < 4.78 is 7.52. The normalized spacial score (nSPS) is 11.1. The maximum absolute atomic E-state index is 8.99. The largest absolute Gasteiger partial charge is 0.497 e. The molecule has 0 fully saturated rings. The van der Waals surface area contributed by atoms with Crippen LogP contribution in [0.3, 0.4) is 0 Å². The summed E-state index contributed by atoms with van der Waals surface area (Å²) in [5, 5.41) is 8.99. The van der Waals surface area contributed by atoms with E-state index in [-0.39, 0.29) is 6.61 Å². The Balaban J connectivity index is 2.39. The van der Waals surface area contributed by atoms with E-state index < -0.39 is 0 Å². The number of unbranched alkanes of at least 4 members (excludes halogenated alkanes) is 1. The molecule has 0 aliphatic rings. The molecule has 0 aliphatic carbocycles. The highest BCUT2D eigenvalue weighted by Gasteiger charge is 2.10. The summed E-state index contributed by atoms with van der Waals surface area (Å²) in [5.74, 6) is 1.90. The van der Waals surface area contributed by atoms with Gasteiger partial charge in [0.2, 0.25) is 0 Å². The number of aromatic nitrogens is 2. The van der Waals surface area contributed by atoms with Gasteiger partial charge in [-0.2, -0.15) is 0 Å². The highest BCUT2D eigenvalue weighted by Crippen LogP contribution is 2.23. The number of hydrogen-bond acceptors (Lipinski definition) is 3. The first kappa shape index (κ1) is 13.9. The van der Waals surface area contributed by atoms with Crippen molar-refractivity contribution in [2.75, 3.05) is 13.7 Å². The third-order valence-corrected chi connectivity index (χ3v) is 3.33. The van der Waals surface area contributed by atoms with Gasteiger partial charge >= 0.3 is 0 Å². The number of benzene rings is 1. The van der Waals surface area contributed by atoms with Crippen LogP contribution in [0, 0.1) is 0 Å². The minimum atomic E-state index is 0.209. The van der Waals surface area contributed by atoms with Crippen LogP contribution in [0.25, 0.3) is 11.0 Å². The molecule has 19 heavy (non-hydrogen) atoms. The lowest BCUT2D eigenvalue weighted by atomic mass is 10.2. The second-order valence-electron chi connectivity index (χ2n) is 4.72. The van der Waals surface area contributed by atoms with Gasteiger partial charge in [-0.1, -0.05) is 13.3 Å². The van der Waals surface area contributed by atoms with Crippen LogP contribution in [0.4, 0.5) is 0 Å². The smallest absolute Gasteiger partial charge is 0.121 e. The van der Waals surface area contributed by atoms with Crippen LogP contribution >= 0.6 is 0 Å². The van der Waals surface area contributed by atoms with Crippen molar-refractivity contribution in [1.29, 1.82) is 0 Å². The number of hydrogen-bond donors (Lipinski definition) is 1. The van der Waals surface area contributed by atoms with E-state index in [4.69, 9.17) is 9.84 Å². The number of aryl methyl sites for hydroxylation is 2. The number of aliphatic hydroxyl groups is 1. The van der Waals surface area contributed by atoms with Gasteiger partial charge in [-0.25, -0.2) is 4.98 Å². The number of nitrogens with zero attached hydrogens (tertiary/aromatic N) is 2. The first-order valence-electron chi connectivity index (χ1n) is 6.94. The molecule has 0 radical (unpaired) electrons. The standard InChI is InChI=1S/C15H22N2O2/c1-3-4-9-17-14-8-7-12(19-2)11-13(14)16-15(17)6-5-10-18/h7-8,11,18H,3-6,9-10H2,1-2H3. The van der Waals surface area contributed by atoms with Gasteiger partial charge in [0.25, 0.3) is 0 Å². The maximum atomic E-state index is 8.99. The molecule has 0 bridgehead atoms. The zero-order valence-corrected chi connectivity index (χ0v) is 11.7. The molecule has 2 rings (SSSR count). The lowest BCUT2D eigenvalue weighted by Crippen LogP contribution is -2.05. The van der Waals surface area contributed by atoms with Gasteiger partial charge in [0.05, 0.1) is 18.1 Å². The van der Waals surface area contributed by atoms with Crippen LogP contribution in [0.1, 0.15) is 32.0 Å². The molecule has 2 aromatic rings. The molecule has 1 aromatic heterocycles. The fourth-order valence-corrected chi connectivity index (χ4v) is 2.28. The van der Waals surface area contributed by atoms with E-state index in [1.54, 1.807) is 7.11 Å². The van der Waals surface area contributed by atoms with Crippen molar-refractivity contribution in [3.05, 3.63) is 24.0 Å². The predicted molar refractivity (Wildman–Crippen MR) is 76.6 cm³/mol. The summed E-state index contributed by atoms with van der Waals surface area (Å²) in [5.41, 5.74) is 2.13. The van der Waals surface area contributed by atoms with Crippen molar-refractivity contribution in [3.63, 3.8) is 0 Å². The average Bonchev–Trinajstić information content (AvgIpc) is 2.79. The quantitative estimate of drug-likeness (QED) is 0.834. The molecular weight excluding hydrogens is 240 g/mol. The number of fused-ring (bicyclic) bond motifs is 1. The summed E-state index contributed by atoms with van der Waals surface area (Å²) in [6.07, 6.45) is 3.88. The highest BCUT2D eigenvalue weighted by molar-refractivity contribution is 5.77. The summed E-state index contributed by atoms with van der Waals surface area (Å²) in [7, 11) is 1.67. The Morgan fingerprint density at radius 1 is 1.32 bits per heavy atom. The minimum Gasteiger partial charge on any atom is -0.497 e. The van der Waals surface area contributed by atoms with Crippen molar-refractivity contribution >= 4 is 11.0 Å². The van der Waals surface area contributed by atoms with Gasteiger partial charge in [0.15, 0.2) is 0 Å². The Morgan fingerprint density at radius 3 is 2.84 bits per heavy atom. The van der Waals surface area contributed by atoms with Crippen molar-refractivity contribution in [1.82, 2.24) is 9.55 Å². The number of imidazole rings is 1. The third kappa shape index (κ3) is 3.07. The van der Waals surface area contributed by atoms with Crippen molar-refractivity contribution in [2.45, 2.75) is 39.2 Å². The molecule has 1 N–H and O–H groups in total. The van der Waals surface area contributed by atoms with Gasteiger partial charge < -0.3 is 14.4 Å². The van der Waals surface area contributed by atoms with Gasteiger partial charge in [-0.05, 0) is 25.0 Å². The number of ether oxygens (including phenoxy) is 1. The molecule has 0 saturated heterocycles. The van der Waals surface area contributed by atoms with Crippen LogP contribution in [-0.4, -0.2) is 28.4 Å². The van der Waals surface area contributed by atoms with E-state index in [0.717, 1.165) is 54.8 Å². The molecule has 0 spiro atoms. The van der Waals surface area contributed by atoms with Gasteiger partial charge in [0.1, 0.15) is 11.6 Å². The van der Waals surface area contributed by atoms with E-state index in [0.29, 0.717) is 0 Å². The lowest BCUT2D eigenvalue weighted by Gasteiger charge is -2.08. The molecule has 4 heteroatoms. The second-order valence-corrected chi connectivity index (χ2v) is 4.72. The number of rotatable bonds is 7. The molecule has 0 unspecified atom stereocenters. The highest BCUT2D eigenvalue weighted by atomic mass is 16.5. The Labute approximate surface area is 114 Å². The minimum absolute atomic E-state index is 0.209. The zero-order valence-electron chi connectivity index (χ0n) is 11.7. The van der Waals surface area contributed by atoms with Crippen molar-refractivity contribution < 1.29 is 9.84 Å². The fraction of sp³-hybridized carbons (Fsp3) is 0.533. The van der Waals surface area contributed by atoms with Crippen LogP contribution in [0.2, 0.25) is 0 Å². The number of aliphatic hydroxyl groups excluding tert-OH is 1. The van der Waals surface area contributed by atoms with Crippen LogP contribution < -0.4 is 4.74 Å². The molecule has 0 amide bonds. The predicted octanol–water partition coefficient (Wildman–Crippen LogP) is 2.77. The first-order valence-corrected chi connectivity index (χ1v) is 6.94. The molecule has 1 aromatic carbocycles. The van der Waals surface area contributed by atoms with E-state index >= 15 is 0 Å². The van der Waals surface area contributed by atoms with E-state index in [9.17, 15) is 0 Å². The fourth-order valence-electron chi connectivity index (χ4n) is 2.28. The van der Waals surface area contributed by atoms with Crippen molar-refractivity contribution in [3.8, 4) is 5.75 Å².